The number of terminal acetylenes is 1. The van der Waals surface area contributed by atoms with Crippen LogP contribution in [0.15, 0.2) is 18.6 Å². The van der Waals surface area contributed by atoms with Gasteiger partial charge in [0, 0.05) is 6.20 Å². The van der Waals surface area contributed by atoms with Gasteiger partial charge >= 0.3 is 11.9 Å². The Labute approximate surface area is 179 Å². The molecule has 4 unspecified atom stereocenters. The smallest absolute Gasteiger partial charge is 0.308 e. The van der Waals surface area contributed by atoms with Crippen LogP contribution in [0.25, 0.3) is 11.0 Å². The zero-order valence-electron chi connectivity index (χ0n) is 17.8. The number of nitrogens with two attached hydrogens (primary N) is 1. The lowest BCUT2D eigenvalue weighted by atomic mass is 9.94. The molecule has 1 saturated heterocycles. The lowest BCUT2D eigenvalue weighted by Gasteiger charge is -2.29. The SMILES string of the molecule is C#CC1(O)C(OC(=O)C(C)C)C(COC(=O)C(C)C)OC1n1ccc2c(N)ncnc21. The van der Waals surface area contributed by atoms with Crippen molar-refractivity contribution in [2.24, 2.45) is 11.8 Å². The van der Waals surface area contributed by atoms with E-state index in [4.69, 9.17) is 26.4 Å². The van der Waals surface area contributed by atoms with Crippen LogP contribution in [0.5, 0.6) is 0 Å². The first-order valence-corrected chi connectivity index (χ1v) is 9.89. The first kappa shape index (κ1) is 22.5. The molecule has 2 aromatic rings. The Bertz CT molecular complexity index is 1030. The van der Waals surface area contributed by atoms with E-state index in [9.17, 15) is 14.7 Å². The topological polar surface area (TPSA) is 139 Å². The average Bonchev–Trinajstić information content (AvgIpc) is 3.27. The highest BCUT2D eigenvalue weighted by Gasteiger charge is 2.59. The van der Waals surface area contributed by atoms with E-state index in [2.05, 4.69) is 15.9 Å². The Morgan fingerprint density at radius 3 is 2.61 bits per heavy atom. The number of fused-ring (bicyclic) bond motifs is 1. The van der Waals surface area contributed by atoms with Gasteiger partial charge < -0.3 is 29.6 Å². The number of hydrogen-bond acceptors (Lipinski definition) is 9. The summed E-state index contributed by atoms with van der Waals surface area (Å²) < 4.78 is 18.3. The van der Waals surface area contributed by atoms with Crippen molar-refractivity contribution in [2.45, 2.75) is 51.7 Å². The Balaban J connectivity index is 2.01. The Hall–Kier alpha value is -3.16. The highest BCUT2D eigenvalue weighted by Crippen LogP contribution is 2.42. The average molecular weight is 430 g/mol. The van der Waals surface area contributed by atoms with Crippen molar-refractivity contribution in [3.8, 4) is 12.3 Å². The summed E-state index contributed by atoms with van der Waals surface area (Å²) >= 11 is 0. The van der Waals surface area contributed by atoms with Crippen LogP contribution >= 0.6 is 0 Å². The first-order valence-electron chi connectivity index (χ1n) is 9.89. The van der Waals surface area contributed by atoms with Crippen molar-refractivity contribution < 1.29 is 28.9 Å². The van der Waals surface area contributed by atoms with Crippen LogP contribution in [0.1, 0.15) is 33.9 Å². The highest BCUT2D eigenvalue weighted by molar-refractivity contribution is 5.86. The van der Waals surface area contributed by atoms with Gasteiger partial charge in [-0.15, -0.1) is 6.42 Å². The van der Waals surface area contributed by atoms with Crippen LogP contribution < -0.4 is 5.73 Å². The molecule has 0 aromatic carbocycles. The van der Waals surface area contributed by atoms with Gasteiger partial charge in [0.15, 0.2) is 12.3 Å². The highest BCUT2D eigenvalue weighted by atomic mass is 16.6. The third-order valence-electron chi connectivity index (χ3n) is 5.05. The van der Waals surface area contributed by atoms with Crippen LogP contribution in [-0.4, -0.2) is 56.0 Å². The number of nitrogen functional groups attached to an aromatic ring is 1. The predicted molar refractivity (Wildman–Crippen MR) is 110 cm³/mol. The fourth-order valence-electron chi connectivity index (χ4n) is 3.26. The summed E-state index contributed by atoms with van der Waals surface area (Å²) in [6.45, 7) is 6.41. The molecule has 10 heteroatoms. The van der Waals surface area contributed by atoms with E-state index in [1.54, 1.807) is 40.0 Å². The minimum absolute atomic E-state index is 0.246. The molecule has 0 bridgehead atoms. The molecule has 2 aromatic heterocycles. The molecule has 1 fully saturated rings. The predicted octanol–water partition coefficient (Wildman–Crippen LogP) is 1.04. The fraction of sp³-hybridized carbons (Fsp3) is 0.524. The molecular formula is C21H26N4O6. The number of anilines is 1. The molecule has 3 N–H and O–H groups in total. The second-order valence-electron chi connectivity index (χ2n) is 8.01. The van der Waals surface area contributed by atoms with Crippen LogP contribution in [-0.2, 0) is 23.8 Å². The second-order valence-corrected chi connectivity index (χ2v) is 8.01. The van der Waals surface area contributed by atoms with Crippen LogP contribution in [0.4, 0.5) is 5.82 Å². The second kappa shape index (κ2) is 8.53. The summed E-state index contributed by atoms with van der Waals surface area (Å²) in [6.07, 6.45) is 5.09. The summed E-state index contributed by atoms with van der Waals surface area (Å²) in [5.74, 6) is 0.679. The van der Waals surface area contributed by atoms with Crippen molar-refractivity contribution in [3.63, 3.8) is 0 Å². The van der Waals surface area contributed by atoms with Gasteiger partial charge in [-0.3, -0.25) is 9.59 Å². The number of carbonyl (C=O) groups is 2. The molecule has 0 spiro atoms. The number of esters is 2. The maximum atomic E-state index is 12.3. The van der Waals surface area contributed by atoms with Gasteiger partial charge in [-0.1, -0.05) is 33.6 Å². The van der Waals surface area contributed by atoms with Gasteiger partial charge in [-0.2, -0.15) is 0 Å². The standard InChI is InChI=1S/C21H26N4O6/c1-6-21(28)15(31-19(27)12(4)5)14(9-29-18(26)11(2)3)30-20(21)25-8-7-13-16(22)23-10-24-17(13)25/h1,7-8,10-12,14-15,20,28H,9H2,2-5H3,(H2,22,23,24). The van der Waals surface area contributed by atoms with Gasteiger partial charge in [0.25, 0.3) is 0 Å². The zero-order chi connectivity index (χ0) is 22.9. The van der Waals surface area contributed by atoms with Crippen molar-refractivity contribution >= 4 is 28.8 Å². The van der Waals surface area contributed by atoms with E-state index in [1.165, 1.54) is 10.9 Å². The molecule has 1 aliphatic heterocycles. The molecule has 166 valence electrons. The number of aromatic nitrogens is 3. The Kier molecular flexibility index (Phi) is 6.20. The third kappa shape index (κ3) is 4.06. The summed E-state index contributed by atoms with van der Waals surface area (Å²) in [6, 6.07) is 1.66. The zero-order valence-corrected chi connectivity index (χ0v) is 17.8. The number of nitrogens with zero attached hydrogens (tertiary/aromatic N) is 3. The van der Waals surface area contributed by atoms with E-state index in [0.29, 0.717) is 11.0 Å². The number of aliphatic hydroxyl groups is 1. The van der Waals surface area contributed by atoms with E-state index in [1.807, 2.05) is 0 Å². The molecule has 4 atom stereocenters. The van der Waals surface area contributed by atoms with Crippen molar-refractivity contribution in [3.05, 3.63) is 18.6 Å². The van der Waals surface area contributed by atoms with Gasteiger partial charge in [0.05, 0.1) is 17.2 Å². The van der Waals surface area contributed by atoms with Gasteiger partial charge in [-0.05, 0) is 6.07 Å². The Morgan fingerprint density at radius 2 is 2.00 bits per heavy atom. The van der Waals surface area contributed by atoms with E-state index in [0.717, 1.165) is 0 Å². The lowest BCUT2D eigenvalue weighted by molar-refractivity contribution is -0.166. The minimum atomic E-state index is -2.06. The fourth-order valence-corrected chi connectivity index (χ4v) is 3.26. The van der Waals surface area contributed by atoms with Gasteiger partial charge in [0.1, 0.15) is 30.5 Å². The number of rotatable bonds is 6. The maximum Gasteiger partial charge on any atom is 0.308 e. The van der Waals surface area contributed by atoms with Crippen LogP contribution in [0.3, 0.4) is 0 Å². The summed E-state index contributed by atoms with van der Waals surface area (Å²) in [7, 11) is 0. The van der Waals surface area contributed by atoms with Crippen molar-refractivity contribution in [1.82, 2.24) is 14.5 Å². The quantitative estimate of drug-likeness (QED) is 0.508. The lowest BCUT2D eigenvalue weighted by Crippen LogP contribution is -2.49. The first-order chi connectivity index (χ1) is 14.6. The molecule has 31 heavy (non-hydrogen) atoms. The van der Waals surface area contributed by atoms with Crippen LogP contribution in [0.2, 0.25) is 0 Å². The van der Waals surface area contributed by atoms with Crippen molar-refractivity contribution in [1.29, 1.82) is 0 Å². The molecule has 3 rings (SSSR count). The maximum absolute atomic E-state index is 12.3. The largest absolute Gasteiger partial charge is 0.463 e. The summed E-state index contributed by atoms with van der Waals surface area (Å²) in [5, 5.41) is 12.0. The normalized spacial score (nSPS) is 25.7. The number of hydrogen-bond donors (Lipinski definition) is 2. The molecular weight excluding hydrogens is 404 g/mol. The minimum Gasteiger partial charge on any atom is -0.463 e. The number of carbonyl (C=O) groups excluding carboxylic acids is 2. The summed E-state index contributed by atoms with van der Waals surface area (Å²) in [5.41, 5.74) is 4.21. The van der Waals surface area contributed by atoms with Gasteiger partial charge in [0.2, 0.25) is 5.60 Å². The molecule has 10 nitrogen and oxygen atoms in total. The molecule has 3 heterocycles. The summed E-state index contributed by atoms with van der Waals surface area (Å²) in [4.78, 5) is 32.4. The molecule has 0 saturated carbocycles. The molecule has 0 radical (unpaired) electrons. The van der Waals surface area contributed by atoms with Crippen molar-refractivity contribution in [2.75, 3.05) is 12.3 Å². The number of ether oxygens (including phenoxy) is 3. The molecule has 0 aliphatic carbocycles. The third-order valence-corrected chi connectivity index (χ3v) is 5.05. The Morgan fingerprint density at radius 1 is 1.32 bits per heavy atom. The monoisotopic (exact) mass is 430 g/mol. The van der Waals surface area contributed by atoms with E-state index >= 15 is 0 Å². The molecule has 1 aliphatic rings. The van der Waals surface area contributed by atoms with E-state index in [-0.39, 0.29) is 18.3 Å². The molecule has 0 amide bonds. The van der Waals surface area contributed by atoms with Gasteiger partial charge in [-0.25, -0.2) is 9.97 Å². The van der Waals surface area contributed by atoms with E-state index < -0.39 is 41.9 Å². The van der Waals surface area contributed by atoms with Crippen LogP contribution in [0, 0.1) is 24.2 Å².